The quantitative estimate of drug-likeness (QED) is 0.890. The molecule has 94 valence electrons. The molecule has 18 heavy (non-hydrogen) atoms. The predicted octanol–water partition coefficient (Wildman–Crippen LogP) is 3.38. The molecule has 0 amide bonds. The van der Waals surface area contributed by atoms with Crippen LogP contribution in [0.25, 0.3) is 0 Å². The van der Waals surface area contributed by atoms with Gasteiger partial charge in [0, 0.05) is 7.11 Å². The molecule has 0 aromatic heterocycles. The first-order chi connectivity index (χ1) is 8.72. The molecule has 0 aliphatic rings. The topological polar surface area (TPSA) is 35.2 Å². The molecule has 0 radical (unpaired) electrons. The molecule has 0 heterocycles. The van der Waals surface area contributed by atoms with Crippen LogP contribution in [0.15, 0.2) is 54.6 Å². The summed E-state index contributed by atoms with van der Waals surface area (Å²) in [5, 5.41) is 0. The number of hydrogen-bond donors (Lipinski definition) is 1. The minimum Gasteiger partial charge on any atom is -0.375 e. The van der Waals surface area contributed by atoms with Gasteiger partial charge in [0.25, 0.3) is 0 Å². The summed E-state index contributed by atoms with van der Waals surface area (Å²) in [5.41, 5.74) is 9.75. The van der Waals surface area contributed by atoms with Crippen LogP contribution >= 0.6 is 0 Å². The zero-order valence-electron chi connectivity index (χ0n) is 10.8. The first-order valence-electron chi connectivity index (χ1n) is 6.12. The van der Waals surface area contributed by atoms with Gasteiger partial charge >= 0.3 is 0 Å². The number of ether oxygens (including phenoxy) is 1. The second-order valence-electron chi connectivity index (χ2n) is 4.51. The minimum absolute atomic E-state index is 0.118. The smallest absolute Gasteiger partial charge is 0.101 e. The Kier molecular flexibility index (Phi) is 4.13. The van der Waals surface area contributed by atoms with E-state index in [1.807, 2.05) is 42.5 Å². The number of nitrogens with two attached hydrogens (primary N) is 1. The van der Waals surface area contributed by atoms with Crippen molar-refractivity contribution in [3.63, 3.8) is 0 Å². The van der Waals surface area contributed by atoms with Crippen molar-refractivity contribution in [3.05, 3.63) is 71.3 Å². The van der Waals surface area contributed by atoms with E-state index in [-0.39, 0.29) is 12.1 Å². The van der Waals surface area contributed by atoms with E-state index in [0.717, 1.165) is 11.1 Å². The van der Waals surface area contributed by atoms with Gasteiger partial charge in [-0.1, -0.05) is 60.2 Å². The highest BCUT2D eigenvalue weighted by Gasteiger charge is 2.20. The van der Waals surface area contributed by atoms with Crippen LogP contribution in [0.3, 0.4) is 0 Å². The maximum absolute atomic E-state index is 6.33. The summed E-state index contributed by atoms with van der Waals surface area (Å²) in [6.45, 7) is 2.07. The second kappa shape index (κ2) is 5.80. The number of aryl methyl sites for hydroxylation is 1. The third-order valence-electron chi connectivity index (χ3n) is 3.14. The van der Waals surface area contributed by atoms with Gasteiger partial charge < -0.3 is 10.5 Å². The van der Waals surface area contributed by atoms with Crippen LogP contribution in [0.2, 0.25) is 0 Å². The number of benzene rings is 2. The lowest BCUT2D eigenvalue weighted by Gasteiger charge is -2.23. The lowest BCUT2D eigenvalue weighted by molar-refractivity contribution is 0.0802. The van der Waals surface area contributed by atoms with Gasteiger partial charge in [-0.05, 0) is 18.1 Å². The van der Waals surface area contributed by atoms with Crippen molar-refractivity contribution in [1.82, 2.24) is 0 Å². The summed E-state index contributed by atoms with van der Waals surface area (Å²) in [6.07, 6.45) is -0.118. The van der Waals surface area contributed by atoms with Gasteiger partial charge in [-0.2, -0.15) is 0 Å². The van der Waals surface area contributed by atoms with Crippen molar-refractivity contribution < 1.29 is 4.74 Å². The summed E-state index contributed by atoms with van der Waals surface area (Å²) >= 11 is 0. The third kappa shape index (κ3) is 2.78. The minimum atomic E-state index is -0.155. The van der Waals surface area contributed by atoms with Gasteiger partial charge in [0.2, 0.25) is 0 Å². The standard InChI is InChI=1S/C16H19NO/c1-12-7-6-10-14(11-12)15(17)16(18-2)13-8-4-3-5-9-13/h3-11,15-16H,17H2,1-2H3. The van der Waals surface area contributed by atoms with Gasteiger partial charge in [-0.25, -0.2) is 0 Å². The maximum Gasteiger partial charge on any atom is 0.101 e. The molecule has 0 bridgehead atoms. The first kappa shape index (κ1) is 12.8. The van der Waals surface area contributed by atoms with E-state index in [1.165, 1.54) is 5.56 Å². The molecule has 2 rings (SSSR count). The lowest BCUT2D eigenvalue weighted by atomic mass is 9.95. The Hall–Kier alpha value is -1.64. The molecular weight excluding hydrogens is 222 g/mol. The van der Waals surface area contributed by atoms with Crippen LogP contribution in [-0.2, 0) is 4.74 Å². The van der Waals surface area contributed by atoms with Crippen LogP contribution in [-0.4, -0.2) is 7.11 Å². The zero-order chi connectivity index (χ0) is 13.0. The van der Waals surface area contributed by atoms with Gasteiger partial charge in [0.05, 0.1) is 6.04 Å². The van der Waals surface area contributed by atoms with Crippen LogP contribution in [0.5, 0.6) is 0 Å². The maximum atomic E-state index is 6.33. The first-order valence-corrected chi connectivity index (χ1v) is 6.12. The SMILES string of the molecule is COC(c1ccccc1)C(N)c1cccc(C)c1. The van der Waals surface area contributed by atoms with E-state index in [4.69, 9.17) is 10.5 Å². The molecule has 2 heteroatoms. The molecule has 2 nitrogen and oxygen atoms in total. The van der Waals surface area contributed by atoms with Gasteiger partial charge in [0.15, 0.2) is 0 Å². The normalized spacial score (nSPS) is 14.2. The van der Waals surface area contributed by atoms with Gasteiger partial charge in [0.1, 0.15) is 6.10 Å². The van der Waals surface area contributed by atoms with Gasteiger partial charge in [-0.3, -0.25) is 0 Å². The van der Waals surface area contributed by atoms with Crippen LogP contribution in [0.4, 0.5) is 0 Å². The summed E-state index contributed by atoms with van der Waals surface area (Å²) in [7, 11) is 1.70. The molecule has 2 N–H and O–H groups in total. The molecular formula is C16H19NO. The Morgan fingerprint density at radius 1 is 0.944 bits per heavy atom. The summed E-state index contributed by atoms with van der Waals surface area (Å²) in [5.74, 6) is 0. The Morgan fingerprint density at radius 3 is 2.22 bits per heavy atom. The molecule has 2 atom stereocenters. The van der Waals surface area contributed by atoms with Crippen LogP contribution < -0.4 is 5.73 Å². The fourth-order valence-electron chi connectivity index (χ4n) is 2.18. The Balaban J connectivity index is 2.28. The van der Waals surface area contributed by atoms with Crippen molar-refractivity contribution in [1.29, 1.82) is 0 Å². The Morgan fingerprint density at radius 2 is 1.61 bits per heavy atom. The van der Waals surface area contributed by atoms with Crippen molar-refractivity contribution in [2.24, 2.45) is 5.73 Å². The molecule has 0 spiro atoms. The number of methoxy groups -OCH3 is 1. The van der Waals surface area contributed by atoms with E-state index in [0.29, 0.717) is 0 Å². The predicted molar refractivity (Wildman–Crippen MR) is 74.3 cm³/mol. The van der Waals surface area contributed by atoms with Crippen LogP contribution in [0.1, 0.15) is 28.8 Å². The molecule has 0 saturated heterocycles. The number of hydrogen-bond acceptors (Lipinski definition) is 2. The molecule has 0 saturated carbocycles. The van der Waals surface area contributed by atoms with E-state index >= 15 is 0 Å². The largest absolute Gasteiger partial charge is 0.375 e. The molecule has 2 aromatic rings. The summed E-state index contributed by atoms with van der Waals surface area (Å²) in [6, 6.07) is 18.2. The van der Waals surface area contributed by atoms with Crippen molar-refractivity contribution >= 4 is 0 Å². The molecule has 0 aliphatic heterocycles. The van der Waals surface area contributed by atoms with E-state index in [1.54, 1.807) is 7.11 Å². The molecule has 0 fully saturated rings. The summed E-state index contributed by atoms with van der Waals surface area (Å²) < 4.78 is 5.57. The molecule has 2 unspecified atom stereocenters. The van der Waals surface area contributed by atoms with Gasteiger partial charge in [-0.15, -0.1) is 0 Å². The van der Waals surface area contributed by atoms with E-state index in [9.17, 15) is 0 Å². The Bertz CT molecular complexity index is 495. The van der Waals surface area contributed by atoms with Crippen LogP contribution in [0, 0.1) is 6.92 Å². The molecule has 2 aromatic carbocycles. The highest BCUT2D eigenvalue weighted by molar-refractivity contribution is 5.29. The highest BCUT2D eigenvalue weighted by Crippen LogP contribution is 2.29. The monoisotopic (exact) mass is 241 g/mol. The zero-order valence-corrected chi connectivity index (χ0v) is 10.8. The van der Waals surface area contributed by atoms with Crippen molar-refractivity contribution in [2.75, 3.05) is 7.11 Å². The fourth-order valence-corrected chi connectivity index (χ4v) is 2.18. The Labute approximate surface area is 108 Å². The fraction of sp³-hybridized carbons (Fsp3) is 0.250. The third-order valence-corrected chi connectivity index (χ3v) is 3.14. The molecule has 0 aliphatic carbocycles. The lowest BCUT2D eigenvalue weighted by Crippen LogP contribution is -2.21. The van der Waals surface area contributed by atoms with E-state index < -0.39 is 0 Å². The average Bonchev–Trinajstić information content (AvgIpc) is 2.41. The second-order valence-corrected chi connectivity index (χ2v) is 4.51. The average molecular weight is 241 g/mol. The number of rotatable bonds is 4. The van der Waals surface area contributed by atoms with Crippen molar-refractivity contribution in [3.8, 4) is 0 Å². The highest BCUT2D eigenvalue weighted by atomic mass is 16.5. The van der Waals surface area contributed by atoms with E-state index in [2.05, 4.69) is 19.1 Å². The summed E-state index contributed by atoms with van der Waals surface area (Å²) in [4.78, 5) is 0. The van der Waals surface area contributed by atoms with Crippen molar-refractivity contribution in [2.45, 2.75) is 19.1 Å².